The first-order valence-corrected chi connectivity index (χ1v) is 8.74. The zero-order valence-electron chi connectivity index (χ0n) is 12.8. The van der Waals surface area contributed by atoms with Crippen LogP contribution in [0.2, 0.25) is 0 Å². The van der Waals surface area contributed by atoms with Crippen LogP contribution in [0.15, 0.2) is 0 Å². The molecule has 1 unspecified atom stereocenters. The van der Waals surface area contributed by atoms with E-state index in [1.807, 2.05) is 0 Å². The van der Waals surface area contributed by atoms with Gasteiger partial charge in [-0.25, -0.2) is 0 Å². The first-order chi connectivity index (χ1) is 8.74. The van der Waals surface area contributed by atoms with Gasteiger partial charge in [0.25, 0.3) is 0 Å². The van der Waals surface area contributed by atoms with Gasteiger partial charge in [0.05, 0.1) is 0 Å². The fourth-order valence-electron chi connectivity index (χ4n) is 4.89. The second-order valence-corrected chi connectivity index (χ2v) is 7.45. The highest BCUT2D eigenvalue weighted by Gasteiger charge is 2.36. The molecule has 2 fully saturated rings. The SMILES string of the molecule is CCCC(C)(CC1CCCCC1)C1CCCCC1. The van der Waals surface area contributed by atoms with Crippen LogP contribution >= 0.6 is 0 Å². The van der Waals surface area contributed by atoms with Gasteiger partial charge in [-0.1, -0.05) is 71.6 Å². The number of rotatable bonds is 5. The van der Waals surface area contributed by atoms with Crippen molar-refractivity contribution in [2.75, 3.05) is 0 Å². The molecule has 0 saturated heterocycles. The molecule has 0 amide bonds. The normalized spacial score (nSPS) is 27.0. The van der Waals surface area contributed by atoms with Gasteiger partial charge in [-0.15, -0.1) is 0 Å². The van der Waals surface area contributed by atoms with Crippen LogP contribution in [0.3, 0.4) is 0 Å². The molecule has 18 heavy (non-hydrogen) atoms. The molecule has 2 rings (SSSR count). The summed E-state index contributed by atoms with van der Waals surface area (Å²) in [4.78, 5) is 0. The first kappa shape index (κ1) is 14.4. The highest BCUT2D eigenvalue weighted by atomic mass is 14.4. The smallest absolute Gasteiger partial charge is 0.0295 e. The number of hydrogen-bond acceptors (Lipinski definition) is 0. The first-order valence-electron chi connectivity index (χ1n) is 8.74. The van der Waals surface area contributed by atoms with Gasteiger partial charge in [-0.05, 0) is 42.9 Å². The summed E-state index contributed by atoms with van der Waals surface area (Å²) in [6, 6.07) is 0. The Labute approximate surface area is 115 Å². The lowest BCUT2D eigenvalue weighted by Gasteiger charge is -2.43. The van der Waals surface area contributed by atoms with Crippen LogP contribution in [0.4, 0.5) is 0 Å². The Balaban J connectivity index is 1.94. The average molecular weight is 250 g/mol. The van der Waals surface area contributed by atoms with Crippen molar-refractivity contribution in [2.45, 2.75) is 97.3 Å². The molecule has 2 aliphatic carbocycles. The molecule has 1 atom stereocenters. The topological polar surface area (TPSA) is 0 Å². The van der Waals surface area contributed by atoms with Gasteiger partial charge in [0.2, 0.25) is 0 Å². The summed E-state index contributed by atoms with van der Waals surface area (Å²) < 4.78 is 0. The molecule has 0 N–H and O–H groups in total. The summed E-state index contributed by atoms with van der Waals surface area (Å²) in [5, 5.41) is 0. The third-order valence-corrected chi connectivity index (χ3v) is 5.89. The molecular weight excluding hydrogens is 216 g/mol. The van der Waals surface area contributed by atoms with Crippen LogP contribution in [0.25, 0.3) is 0 Å². The molecule has 0 spiro atoms. The quantitative estimate of drug-likeness (QED) is 0.534. The average Bonchev–Trinajstić information content (AvgIpc) is 2.41. The van der Waals surface area contributed by atoms with Crippen LogP contribution in [0, 0.1) is 17.3 Å². The predicted molar refractivity (Wildman–Crippen MR) is 80.8 cm³/mol. The summed E-state index contributed by atoms with van der Waals surface area (Å²) in [5.41, 5.74) is 0.678. The fourth-order valence-corrected chi connectivity index (χ4v) is 4.89. The summed E-state index contributed by atoms with van der Waals surface area (Å²) in [6.45, 7) is 5.03. The molecule has 0 heterocycles. The van der Waals surface area contributed by atoms with Crippen molar-refractivity contribution in [1.29, 1.82) is 0 Å². The van der Waals surface area contributed by atoms with Gasteiger partial charge in [0, 0.05) is 0 Å². The predicted octanol–water partition coefficient (Wildman–Crippen LogP) is 6.34. The van der Waals surface area contributed by atoms with Gasteiger partial charge in [-0.3, -0.25) is 0 Å². The summed E-state index contributed by atoms with van der Waals surface area (Å²) in [5.74, 6) is 2.12. The highest BCUT2D eigenvalue weighted by molar-refractivity contribution is 4.87. The maximum atomic E-state index is 2.64. The van der Waals surface area contributed by atoms with E-state index in [0.29, 0.717) is 5.41 Å². The van der Waals surface area contributed by atoms with E-state index in [1.165, 1.54) is 77.0 Å². The molecule has 0 aromatic rings. The van der Waals surface area contributed by atoms with E-state index in [0.717, 1.165) is 11.8 Å². The highest BCUT2D eigenvalue weighted by Crippen LogP contribution is 2.47. The van der Waals surface area contributed by atoms with Crippen molar-refractivity contribution < 1.29 is 0 Å². The Hall–Kier alpha value is 0. The third kappa shape index (κ3) is 3.75. The molecule has 0 bridgehead atoms. The van der Waals surface area contributed by atoms with Gasteiger partial charge in [0.15, 0.2) is 0 Å². The molecule has 0 aromatic carbocycles. The van der Waals surface area contributed by atoms with Crippen molar-refractivity contribution in [2.24, 2.45) is 17.3 Å². The van der Waals surface area contributed by atoms with E-state index in [4.69, 9.17) is 0 Å². The zero-order chi connectivity index (χ0) is 12.8. The van der Waals surface area contributed by atoms with Crippen molar-refractivity contribution in [3.05, 3.63) is 0 Å². The molecular formula is C18H34. The van der Waals surface area contributed by atoms with Gasteiger partial charge >= 0.3 is 0 Å². The Morgan fingerprint density at radius 1 is 0.833 bits per heavy atom. The van der Waals surface area contributed by atoms with Gasteiger partial charge < -0.3 is 0 Å². The lowest BCUT2D eigenvalue weighted by Crippen LogP contribution is -2.32. The van der Waals surface area contributed by atoms with Crippen LogP contribution < -0.4 is 0 Å². The second-order valence-electron chi connectivity index (χ2n) is 7.45. The lowest BCUT2D eigenvalue weighted by atomic mass is 9.62. The molecule has 0 radical (unpaired) electrons. The van der Waals surface area contributed by atoms with Crippen molar-refractivity contribution >= 4 is 0 Å². The number of hydrogen-bond donors (Lipinski definition) is 0. The van der Waals surface area contributed by atoms with Crippen LogP contribution in [0.5, 0.6) is 0 Å². The largest absolute Gasteiger partial charge is 0.0654 e. The molecule has 0 aromatic heterocycles. The minimum atomic E-state index is 0.678. The molecule has 0 heteroatoms. The second kappa shape index (κ2) is 6.96. The van der Waals surface area contributed by atoms with Gasteiger partial charge in [0.1, 0.15) is 0 Å². The van der Waals surface area contributed by atoms with Crippen molar-refractivity contribution in [1.82, 2.24) is 0 Å². The molecule has 0 nitrogen and oxygen atoms in total. The molecule has 2 saturated carbocycles. The molecule has 0 aliphatic heterocycles. The van der Waals surface area contributed by atoms with Gasteiger partial charge in [-0.2, -0.15) is 0 Å². The third-order valence-electron chi connectivity index (χ3n) is 5.89. The molecule has 2 aliphatic rings. The van der Waals surface area contributed by atoms with E-state index in [1.54, 1.807) is 6.42 Å². The fraction of sp³-hybridized carbons (Fsp3) is 1.00. The summed E-state index contributed by atoms with van der Waals surface area (Å²) in [7, 11) is 0. The van der Waals surface area contributed by atoms with Crippen LogP contribution in [-0.4, -0.2) is 0 Å². The summed E-state index contributed by atoms with van der Waals surface area (Å²) >= 11 is 0. The maximum absolute atomic E-state index is 2.64. The minimum Gasteiger partial charge on any atom is -0.0654 e. The Kier molecular flexibility index (Phi) is 5.57. The Morgan fingerprint density at radius 2 is 1.39 bits per heavy atom. The minimum absolute atomic E-state index is 0.678. The lowest BCUT2D eigenvalue weighted by molar-refractivity contribution is 0.0803. The van der Waals surface area contributed by atoms with E-state index < -0.39 is 0 Å². The van der Waals surface area contributed by atoms with E-state index in [9.17, 15) is 0 Å². The standard InChI is InChI=1S/C18H34/c1-3-14-18(2,17-12-8-5-9-13-17)15-16-10-6-4-7-11-16/h16-17H,3-15H2,1-2H3. The van der Waals surface area contributed by atoms with Crippen LogP contribution in [-0.2, 0) is 0 Å². The monoisotopic (exact) mass is 250 g/mol. The Bertz CT molecular complexity index is 220. The van der Waals surface area contributed by atoms with Crippen molar-refractivity contribution in [3.8, 4) is 0 Å². The summed E-state index contributed by atoms with van der Waals surface area (Å²) in [6.07, 6.45) is 19.6. The maximum Gasteiger partial charge on any atom is -0.0295 e. The van der Waals surface area contributed by atoms with Crippen LogP contribution in [0.1, 0.15) is 97.3 Å². The van der Waals surface area contributed by atoms with E-state index in [-0.39, 0.29) is 0 Å². The zero-order valence-corrected chi connectivity index (χ0v) is 12.8. The van der Waals surface area contributed by atoms with Crippen molar-refractivity contribution in [3.63, 3.8) is 0 Å². The van der Waals surface area contributed by atoms with E-state index >= 15 is 0 Å². The van der Waals surface area contributed by atoms with E-state index in [2.05, 4.69) is 13.8 Å². The Morgan fingerprint density at radius 3 is 1.94 bits per heavy atom. The molecule has 106 valence electrons.